The van der Waals surface area contributed by atoms with Crippen molar-refractivity contribution >= 4 is 0 Å². The van der Waals surface area contributed by atoms with Gasteiger partial charge in [-0.15, -0.1) is 0 Å². The molecule has 0 amide bonds. The van der Waals surface area contributed by atoms with Crippen LogP contribution in [-0.2, 0) is 6.61 Å². The molecule has 1 aromatic heterocycles. The van der Waals surface area contributed by atoms with E-state index in [1.165, 1.54) is 31.2 Å². The Bertz CT molecular complexity index is 565. The monoisotopic (exact) mass is 284 g/mol. The summed E-state index contributed by atoms with van der Waals surface area (Å²) in [5.74, 6) is 1.47. The fourth-order valence-corrected chi connectivity index (χ4v) is 2.93. The molecule has 2 aromatic rings. The van der Waals surface area contributed by atoms with Gasteiger partial charge in [0.2, 0.25) is 0 Å². The second-order valence-corrected chi connectivity index (χ2v) is 6.24. The molecule has 1 fully saturated rings. The molecule has 0 saturated heterocycles. The zero-order valence-corrected chi connectivity index (χ0v) is 13.0. The van der Waals surface area contributed by atoms with E-state index in [-0.39, 0.29) is 0 Å². The van der Waals surface area contributed by atoms with Gasteiger partial charge in [0.05, 0.1) is 11.7 Å². The summed E-state index contributed by atoms with van der Waals surface area (Å²) in [6, 6.07) is 11.0. The summed E-state index contributed by atoms with van der Waals surface area (Å²) in [6.45, 7) is 4.94. The lowest BCUT2D eigenvalue weighted by molar-refractivity contribution is 0.298. The minimum Gasteiger partial charge on any atom is -0.487 e. The Morgan fingerprint density at radius 2 is 1.86 bits per heavy atom. The highest BCUT2D eigenvalue weighted by Crippen LogP contribution is 2.28. The van der Waals surface area contributed by atoms with Crippen LogP contribution in [0.15, 0.2) is 36.5 Å². The molecule has 0 N–H and O–H groups in total. The van der Waals surface area contributed by atoms with Crippen molar-refractivity contribution in [2.24, 2.45) is 0 Å². The molecule has 3 rings (SSSR count). The predicted octanol–water partition coefficient (Wildman–Crippen LogP) is 4.70. The topological polar surface area (TPSA) is 27.1 Å². The van der Waals surface area contributed by atoms with Crippen LogP contribution in [0.1, 0.15) is 62.7 Å². The molecule has 1 heterocycles. The van der Waals surface area contributed by atoms with Gasteiger partial charge in [-0.2, -0.15) is 5.10 Å². The number of ether oxygens (including phenoxy) is 1. The molecule has 0 aliphatic heterocycles. The molecule has 0 atom stereocenters. The normalized spacial score (nSPS) is 15.8. The molecule has 0 unspecified atom stereocenters. The van der Waals surface area contributed by atoms with Gasteiger partial charge in [-0.3, -0.25) is 4.68 Å². The first-order chi connectivity index (χ1) is 10.2. The zero-order valence-electron chi connectivity index (χ0n) is 13.0. The SMILES string of the molecule is CC(C)c1ccc(OCc2ccn(C3CCCC3)n2)cc1. The Balaban J connectivity index is 1.57. The fraction of sp³-hybridized carbons (Fsp3) is 0.500. The summed E-state index contributed by atoms with van der Waals surface area (Å²) in [6.07, 6.45) is 7.28. The highest BCUT2D eigenvalue weighted by molar-refractivity contribution is 5.29. The first kappa shape index (κ1) is 14.2. The summed E-state index contributed by atoms with van der Waals surface area (Å²) >= 11 is 0. The van der Waals surface area contributed by atoms with E-state index in [0.29, 0.717) is 18.6 Å². The molecule has 21 heavy (non-hydrogen) atoms. The van der Waals surface area contributed by atoms with Gasteiger partial charge < -0.3 is 4.74 Å². The first-order valence-electron chi connectivity index (χ1n) is 7.99. The predicted molar refractivity (Wildman–Crippen MR) is 84.6 cm³/mol. The van der Waals surface area contributed by atoms with Gasteiger partial charge in [0, 0.05) is 6.20 Å². The van der Waals surface area contributed by atoms with Gasteiger partial charge in [0.25, 0.3) is 0 Å². The van der Waals surface area contributed by atoms with Crippen molar-refractivity contribution in [1.29, 1.82) is 0 Å². The van der Waals surface area contributed by atoms with Crippen LogP contribution in [0.2, 0.25) is 0 Å². The van der Waals surface area contributed by atoms with Crippen LogP contribution in [0.3, 0.4) is 0 Å². The highest BCUT2D eigenvalue weighted by atomic mass is 16.5. The van der Waals surface area contributed by atoms with Crippen LogP contribution in [0.5, 0.6) is 5.75 Å². The second kappa shape index (κ2) is 6.33. The summed E-state index contributed by atoms with van der Waals surface area (Å²) in [5, 5.41) is 4.64. The minimum atomic E-state index is 0.542. The molecule has 1 aliphatic rings. The standard InChI is InChI=1S/C18H24N2O/c1-14(2)15-7-9-18(10-8-15)21-13-16-11-12-20(19-16)17-5-3-4-6-17/h7-12,14,17H,3-6,13H2,1-2H3. The number of aromatic nitrogens is 2. The van der Waals surface area contributed by atoms with Crippen molar-refractivity contribution in [2.45, 2.75) is 58.1 Å². The van der Waals surface area contributed by atoms with E-state index in [0.717, 1.165) is 11.4 Å². The highest BCUT2D eigenvalue weighted by Gasteiger charge is 2.17. The smallest absolute Gasteiger partial charge is 0.132 e. The molecular formula is C18H24N2O. The average molecular weight is 284 g/mol. The van der Waals surface area contributed by atoms with E-state index in [2.05, 4.69) is 48.0 Å². The first-order valence-corrected chi connectivity index (χ1v) is 7.99. The van der Waals surface area contributed by atoms with E-state index in [4.69, 9.17) is 4.74 Å². The molecule has 112 valence electrons. The Kier molecular flexibility index (Phi) is 4.28. The molecule has 0 bridgehead atoms. The van der Waals surface area contributed by atoms with E-state index >= 15 is 0 Å². The van der Waals surface area contributed by atoms with Gasteiger partial charge in [0.15, 0.2) is 0 Å². The molecule has 3 nitrogen and oxygen atoms in total. The quantitative estimate of drug-likeness (QED) is 0.795. The average Bonchev–Trinajstić information content (AvgIpc) is 3.16. The molecular weight excluding hydrogens is 260 g/mol. The van der Waals surface area contributed by atoms with Crippen molar-refractivity contribution in [3.8, 4) is 5.75 Å². The van der Waals surface area contributed by atoms with E-state index in [9.17, 15) is 0 Å². The number of hydrogen-bond acceptors (Lipinski definition) is 2. The molecule has 1 aliphatic carbocycles. The van der Waals surface area contributed by atoms with Crippen molar-refractivity contribution in [3.05, 3.63) is 47.8 Å². The number of benzene rings is 1. The summed E-state index contributed by atoms with van der Waals surface area (Å²) in [5.41, 5.74) is 2.35. The van der Waals surface area contributed by atoms with Crippen molar-refractivity contribution in [1.82, 2.24) is 9.78 Å². The van der Waals surface area contributed by atoms with Gasteiger partial charge in [-0.1, -0.05) is 38.8 Å². The van der Waals surface area contributed by atoms with Crippen LogP contribution >= 0.6 is 0 Å². The van der Waals surface area contributed by atoms with Crippen LogP contribution in [0.4, 0.5) is 0 Å². The van der Waals surface area contributed by atoms with Crippen LogP contribution in [0, 0.1) is 0 Å². The molecule has 1 saturated carbocycles. The Morgan fingerprint density at radius 3 is 2.52 bits per heavy atom. The maximum atomic E-state index is 5.83. The van der Waals surface area contributed by atoms with Crippen molar-refractivity contribution in [3.63, 3.8) is 0 Å². The van der Waals surface area contributed by atoms with E-state index in [1.807, 2.05) is 12.1 Å². The van der Waals surface area contributed by atoms with Crippen molar-refractivity contribution < 1.29 is 4.74 Å². The lowest BCUT2D eigenvalue weighted by atomic mass is 10.0. The molecule has 3 heteroatoms. The van der Waals surface area contributed by atoms with Crippen molar-refractivity contribution in [2.75, 3.05) is 0 Å². The largest absolute Gasteiger partial charge is 0.487 e. The Labute approximate surface area is 126 Å². The third-order valence-electron chi connectivity index (χ3n) is 4.30. The number of hydrogen-bond donors (Lipinski definition) is 0. The van der Waals surface area contributed by atoms with Crippen LogP contribution in [0.25, 0.3) is 0 Å². The third kappa shape index (κ3) is 3.46. The Morgan fingerprint density at radius 1 is 1.14 bits per heavy atom. The van der Waals surface area contributed by atoms with Gasteiger partial charge in [-0.25, -0.2) is 0 Å². The van der Waals surface area contributed by atoms with Crippen LogP contribution in [-0.4, -0.2) is 9.78 Å². The maximum absolute atomic E-state index is 5.83. The maximum Gasteiger partial charge on any atom is 0.132 e. The number of rotatable bonds is 5. The summed E-state index contributed by atoms with van der Waals surface area (Å²) in [7, 11) is 0. The minimum absolute atomic E-state index is 0.542. The summed E-state index contributed by atoms with van der Waals surface area (Å²) < 4.78 is 7.95. The van der Waals surface area contributed by atoms with E-state index < -0.39 is 0 Å². The van der Waals surface area contributed by atoms with Crippen LogP contribution < -0.4 is 4.74 Å². The van der Waals surface area contributed by atoms with E-state index in [1.54, 1.807) is 0 Å². The fourth-order valence-electron chi connectivity index (χ4n) is 2.93. The van der Waals surface area contributed by atoms with Gasteiger partial charge in [-0.05, 0) is 42.5 Å². The third-order valence-corrected chi connectivity index (χ3v) is 4.30. The molecule has 1 aromatic carbocycles. The van der Waals surface area contributed by atoms with Gasteiger partial charge >= 0.3 is 0 Å². The lowest BCUT2D eigenvalue weighted by Gasteiger charge is -2.09. The summed E-state index contributed by atoms with van der Waals surface area (Å²) in [4.78, 5) is 0. The van der Waals surface area contributed by atoms with Gasteiger partial charge in [0.1, 0.15) is 12.4 Å². The zero-order chi connectivity index (χ0) is 14.7. The second-order valence-electron chi connectivity index (χ2n) is 6.24. The number of nitrogens with zero attached hydrogens (tertiary/aromatic N) is 2. The molecule has 0 radical (unpaired) electrons. The Hall–Kier alpha value is -1.77. The lowest BCUT2D eigenvalue weighted by Crippen LogP contribution is -2.06. The molecule has 0 spiro atoms.